The number of ether oxygens (including phenoxy) is 1. The lowest BCUT2D eigenvalue weighted by Gasteiger charge is -2.17. The summed E-state index contributed by atoms with van der Waals surface area (Å²) in [6, 6.07) is 8.55. The maximum absolute atomic E-state index is 12.5. The maximum atomic E-state index is 12.5. The second-order valence-corrected chi connectivity index (χ2v) is 6.77. The summed E-state index contributed by atoms with van der Waals surface area (Å²) >= 11 is 0. The van der Waals surface area contributed by atoms with Crippen LogP contribution in [0.5, 0.6) is 5.75 Å². The van der Waals surface area contributed by atoms with Gasteiger partial charge in [0.15, 0.2) is 0 Å². The molecule has 0 saturated heterocycles. The largest absolute Gasteiger partial charge is 0.496 e. The highest BCUT2D eigenvalue weighted by atomic mass is 16.5. The van der Waals surface area contributed by atoms with Crippen molar-refractivity contribution in [2.45, 2.75) is 51.6 Å². The van der Waals surface area contributed by atoms with Crippen LogP contribution in [0, 0.1) is 0 Å². The number of amides is 1. The highest BCUT2D eigenvalue weighted by Crippen LogP contribution is 2.18. The Kier molecular flexibility index (Phi) is 5.71. The first-order chi connectivity index (χ1) is 12.6. The van der Waals surface area contributed by atoms with E-state index in [0.717, 1.165) is 36.9 Å². The SMILES string of the molecule is COc1ccccc1C(=O)N[C@H](C)Cn1nc2c(cc1=O)CCCCC2. The number of aromatic nitrogens is 2. The number of para-hydroxylation sites is 1. The molecule has 138 valence electrons. The molecular formula is C20H25N3O3. The van der Waals surface area contributed by atoms with E-state index in [-0.39, 0.29) is 17.5 Å². The van der Waals surface area contributed by atoms with Crippen LogP contribution in [0.25, 0.3) is 0 Å². The molecule has 26 heavy (non-hydrogen) atoms. The van der Waals surface area contributed by atoms with Crippen LogP contribution in [0.2, 0.25) is 0 Å². The molecule has 1 heterocycles. The summed E-state index contributed by atoms with van der Waals surface area (Å²) in [5.74, 6) is 0.301. The van der Waals surface area contributed by atoms with E-state index in [2.05, 4.69) is 10.4 Å². The molecule has 0 fully saturated rings. The number of fused-ring (bicyclic) bond motifs is 1. The van der Waals surface area contributed by atoms with Crippen LogP contribution in [-0.2, 0) is 19.4 Å². The van der Waals surface area contributed by atoms with Crippen molar-refractivity contribution in [1.29, 1.82) is 0 Å². The summed E-state index contributed by atoms with van der Waals surface area (Å²) in [5.41, 5.74) is 2.47. The molecule has 0 radical (unpaired) electrons. The Morgan fingerprint density at radius 3 is 2.85 bits per heavy atom. The van der Waals surface area contributed by atoms with Crippen LogP contribution in [0.3, 0.4) is 0 Å². The molecule has 1 amide bonds. The van der Waals surface area contributed by atoms with E-state index in [9.17, 15) is 9.59 Å². The highest BCUT2D eigenvalue weighted by molar-refractivity contribution is 5.97. The maximum Gasteiger partial charge on any atom is 0.267 e. The molecule has 6 nitrogen and oxygen atoms in total. The molecule has 1 aliphatic rings. The van der Waals surface area contributed by atoms with Gasteiger partial charge >= 0.3 is 0 Å². The molecule has 6 heteroatoms. The van der Waals surface area contributed by atoms with Gasteiger partial charge in [-0.3, -0.25) is 9.59 Å². The van der Waals surface area contributed by atoms with Gasteiger partial charge in [0.1, 0.15) is 5.75 Å². The minimum Gasteiger partial charge on any atom is -0.496 e. The average Bonchev–Trinajstić information content (AvgIpc) is 2.86. The zero-order valence-corrected chi connectivity index (χ0v) is 15.3. The van der Waals surface area contributed by atoms with E-state index in [4.69, 9.17) is 4.74 Å². The van der Waals surface area contributed by atoms with Gasteiger partial charge in [-0.1, -0.05) is 18.6 Å². The summed E-state index contributed by atoms with van der Waals surface area (Å²) < 4.78 is 6.70. The lowest BCUT2D eigenvalue weighted by molar-refractivity contribution is 0.0932. The number of nitrogens with one attached hydrogen (secondary N) is 1. The van der Waals surface area contributed by atoms with Gasteiger partial charge in [0.2, 0.25) is 0 Å². The molecule has 1 aromatic heterocycles. The van der Waals surface area contributed by atoms with Crippen LogP contribution >= 0.6 is 0 Å². The van der Waals surface area contributed by atoms with Crippen LogP contribution < -0.4 is 15.6 Å². The van der Waals surface area contributed by atoms with Gasteiger partial charge in [0, 0.05) is 12.1 Å². The Hall–Kier alpha value is -2.63. The normalized spacial score (nSPS) is 14.8. The number of carbonyl (C=O) groups is 1. The zero-order chi connectivity index (χ0) is 18.5. The average molecular weight is 355 g/mol. The van der Waals surface area contributed by atoms with Crippen molar-refractivity contribution in [2.24, 2.45) is 0 Å². The van der Waals surface area contributed by atoms with Gasteiger partial charge < -0.3 is 10.1 Å². The van der Waals surface area contributed by atoms with Gasteiger partial charge in [-0.05, 0) is 50.3 Å². The molecule has 2 aromatic rings. The molecule has 0 unspecified atom stereocenters. The topological polar surface area (TPSA) is 73.2 Å². The Balaban J connectivity index is 1.72. The van der Waals surface area contributed by atoms with Gasteiger partial charge in [-0.15, -0.1) is 0 Å². The molecule has 0 aliphatic heterocycles. The Morgan fingerprint density at radius 2 is 2.04 bits per heavy atom. The minimum absolute atomic E-state index is 0.107. The smallest absolute Gasteiger partial charge is 0.267 e. The fourth-order valence-corrected chi connectivity index (χ4v) is 3.35. The molecule has 0 bridgehead atoms. The summed E-state index contributed by atoms with van der Waals surface area (Å²) in [7, 11) is 1.54. The van der Waals surface area contributed by atoms with Gasteiger partial charge in [0.05, 0.1) is 24.9 Å². The van der Waals surface area contributed by atoms with Gasteiger partial charge in [0.25, 0.3) is 11.5 Å². The summed E-state index contributed by atoms with van der Waals surface area (Å²) in [6.07, 6.45) is 5.24. The van der Waals surface area contributed by atoms with Crippen molar-refractivity contribution in [3.8, 4) is 5.75 Å². The first kappa shape index (κ1) is 18.2. The molecule has 3 rings (SSSR count). The third-order valence-corrected chi connectivity index (χ3v) is 4.70. The van der Waals surface area contributed by atoms with E-state index in [1.165, 1.54) is 18.2 Å². The van der Waals surface area contributed by atoms with E-state index >= 15 is 0 Å². The summed E-state index contributed by atoms with van der Waals surface area (Å²) in [4.78, 5) is 24.9. The minimum atomic E-state index is -0.235. The van der Waals surface area contributed by atoms with E-state index in [1.807, 2.05) is 13.0 Å². The first-order valence-electron chi connectivity index (χ1n) is 9.12. The van der Waals surface area contributed by atoms with Crippen molar-refractivity contribution in [2.75, 3.05) is 7.11 Å². The zero-order valence-electron chi connectivity index (χ0n) is 15.3. The van der Waals surface area contributed by atoms with Crippen molar-refractivity contribution in [3.63, 3.8) is 0 Å². The molecule has 1 aliphatic carbocycles. The number of aryl methyl sites for hydroxylation is 2. The first-order valence-corrected chi connectivity index (χ1v) is 9.12. The lowest BCUT2D eigenvalue weighted by Crippen LogP contribution is -2.39. The quantitative estimate of drug-likeness (QED) is 0.836. The van der Waals surface area contributed by atoms with Crippen molar-refractivity contribution in [3.05, 3.63) is 57.5 Å². The van der Waals surface area contributed by atoms with Crippen LogP contribution in [0.1, 0.15) is 47.8 Å². The van der Waals surface area contributed by atoms with Gasteiger partial charge in [-0.2, -0.15) is 5.10 Å². The number of rotatable bonds is 5. The fourth-order valence-electron chi connectivity index (χ4n) is 3.35. The number of carbonyl (C=O) groups excluding carboxylic acids is 1. The highest BCUT2D eigenvalue weighted by Gasteiger charge is 2.17. The van der Waals surface area contributed by atoms with E-state index in [0.29, 0.717) is 17.9 Å². The van der Waals surface area contributed by atoms with Crippen LogP contribution in [0.15, 0.2) is 35.1 Å². The van der Waals surface area contributed by atoms with Crippen LogP contribution in [0.4, 0.5) is 0 Å². The van der Waals surface area contributed by atoms with Crippen molar-refractivity contribution in [1.82, 2.24) is 15.1 Å². The molecule has 0 spiro atoms. The molecular weight excluding hydrogens is 330 g/mol. The number of methoxy groups -OCH3 is 1. The second kappa shape index (κ2) is 8.17. The van der Waals surface area contributed by atoms with E-state index < -0.39 is 0 Å². The number of benzene rings is 1. The number of nitrogens with zero attached hydrogens (tertiary/aromatic N) is 2. The molecule has 1 N–H and O–H groups in total. The fraction of sp³-hybridized carbons (Fsp3) is 0.450. The third-order valence-electron chi connectivity index (χ3n) is 4.70. The Morgan fingerprint density at radius 1 is 1.27 bits per heavy atom. The molecule has 0 saturated carbocycles. The second-order valence-electron chi connectivity index (χ2n) is 6.77. The standard InChI is InChI=1S/C20H25N3O3/c1-14(21-20(25)16-9-6-7-11-18(16)26-2)13-23-19(24)12-15-8-4-3-5-10-17(15)22-23/h6-7,9,11-12,14H,3-5,8,10,13H2,1-2H3,(H,21,25)/t14-/m1/s1. The van der Waals surface area contributed by atoms with Crippen molar-refractivity contribution < 1.29 is 9.53 Å². The molecule has 1 atom stereocenters. The van der Waals surface area contributed by atoms with Gasteiger partial charge in [-0.25, -0.2) is 4.68 Å². The summed E-state index contributed by atoms with van der Waals surface area (Å²) in [5, 5.41) is 7.48. The monoisotopic (exact) mass is 355 g/mol. The summed E-state index contributed by atoms with van der Waals surface area (Å²) in [6.45, 7) is 2.21. The lowest BCUT2D eigenvalue weighted by atomic mass is 10.1. The van der Waals surface area contributed by atoms with Crippen LogP contribution in [-0.4, -0.2) is 28.8 Å². The van der Waals surface area contributed by atoms with Crippen molar-refractivity contribution >= 4 is 5.91 Å². The third kappa shape index (κ3) is 4.12. The number of hydrogen-bond acceptors (Lipinski definition) is 4. The predicted molar refractivity (Wildman–Crippen MR) is 99.7 cm³/mol. The number of hydrogen-bond donors (Lipinski definition) is 1. The molecule has 1 aromatic carbocycles. The Bertz CT molecular complexity index is 844. The Labute approximate surface area is 153 Å². The van der Waals surface area contributed by atoms with E-state index in [1.54, 1.807) is 24.3 Å². The predicted octanol–water partition coefficient (Wildman–Crippen LogP) is 2.34.